The molecular weight excluding hydrogens is 366 g/mol. The first-order valence-electron chi connectivity index (χ1n) is 5.13. The van der Waals surface area contributed by atoms with Gasteiger partial charge in [-0.25, -0.2) is 0 Å². The zero-order valence-electron chi connectivity index (χ0n) is 9.37. The van der Waals surface area contributed by atoms with Gasteiger partial charge in [0.15, 0.2) is 10.6 Å². The van der Waals surface area contributed by atoms with Crippen molar-refractivity contribution in [2.45, 2.75) is 19.9 Å². The molecular formula is C11H11Br2N3S. The van der Waals surface area contributed by atoms with Gasteiger partial charge in [-0.1, -0.05) is 31.9 Å². The predicted octanol–water partition coefficient (Wildman–Crippen LogP) is 4.71. The maximum absolute atomic E-state index is 5.24. The molecule has 0 unspecified atom stereocenters. The van der Waals surface area contributed by atoms with E-state index in [4.69, 9.17) is 12.2 Å². The number of nitrogens with one attached hydrogen (secondary N) is 1. The van der Waals surface area contributed by atoms with Gasteiger partial charge < -0.3 is 0 Å². The number of benzene rings is 1. The summed E-state index contributed by atoms with van der Waals surface area (Å²) >= 11 is 12.2. The molecule has 2 aromatic rings. The van der Waals surface area contributed by atoms with Crippen LogP contribution in [-0.4, -0.2) is 14.8 Å². The summed E-state index contributed by atoms with van der Waals surface area (Å²) in [4.78, 5) is 0. The van der Waals surface area contributed by atoms with Crippen LogP contribution >= 0.6 is 44.1 Å². The molecule has 1 aromatic carbocycles. The highest BCUT2D eigenvalue weighted by Crippen LogP contribution is 2.31. The van der Waals surface area contributed by atoms with E-state index in [0.717, 1.165) is 20.3 Å². The van der Waals surface area contributed by atoms with E-state index < -0.39 is 0 Å². The van der Waals surface area contributed by atoms with E-state index in [-0.39, 0.29) is 6.04 Å². The molecule has 0 amide bonds. The van der Waals surface area contributed by atoms with Crippen LogP contribution in [0.5, 0.6) is 0 Å². The Bertz CT molecular complexity index is 601. The fourth-order valence-corrected chi connectivity index (χ4v) is 2.77. The molecule has 0 atom stereocenters. The maximum atomic E-state index is 5.24. The number of rotatable bonds is 2. The highest BCUT2D eigenvalue weighted by Gasteiger charge is 2.14. The van der Waals surface area contributed by atoms with Crippen molar-refractivity contribution in [3.05, 3.63) is 31.9 Å². The minimum atomic E-state index is 0.266. The van der Waals surface area contributed by atoms with Crippen molar-refractivity contribution in [1.29, 1.82) is 0 Å². The summed E-state index contributed by atoms with van der Waals surface area (Å²) in [6, 6.07) is 6.26. The highest BCUT2D eigenvalue weighted by molar-refractivity contribution is 9.11. The standard InChI is InChI=1S/C11H11Br2N3S/c1-6(2)16-10(14-15-11(16)17)8-5-7(12)3-4-9(8)13/h3-6H,1-2H3,(H,15,17). The van der Waals surface area contributed by atoms with Crippen LogP contribution < -0.4 is 0 Å². The lowest BCUT2D eigenvalue weighted by atomic mass is 10.2. The van der Waals surface area contributed by atoms with Crippen LogP contribution in [0.1, 0.15) is 19.9 Å². The van der Waals surface area contributed by atoms with Crippen molar-refractivity contribution in [1.82, 2.24) is 14.8 Å². The summed E-state index contributed by atoms with van der Waals surface area (Å²) in [5.41, 5.74) is 1.01. The molecule has 1 N–H and O–H groups in total. The van der Waals surface area contributed by atoms with Crippen molar-refractivity contribution in [2.24, 2.45) is 0 Å². The normalized spacial score (nSPS) is 11.1. The van der Waals surface area contributed by atoms with Crippen LogP contribution in [0, 0.1) is 4.77 Å². The molecule has 2 rings (SSSR count). The van der Waals surface area contributed by atoms with Crippen molar-refractivity contribution in [2.75, 3.05) is 0 Å². The number of halogens is 2. The monoisotopic (exact) mass is 375 g/mol. The molecule has 0 saturated heterocycles. The Kier molecular flexibility index (Phi) is 3.85. The molecule has 0 aliphatic rings. The number of nitrogens with zero attached hydrogens (tertiary/aromatic N) is 2. The number of aromatic nitrogens is 3. The molecule has 0 radical (unpaired) electrons. The van der Waals surface area contributed by atoms with Crippen LogP contribution in [0.25, 0.3) is 11.4 Å². The molecule has 90 valence electrons. The Hall–Kier alpha value is -0.460. The van der Waals surface area contributed by atoms with Gasteiger partial charge in [0.2, 0.25) is 0 Å². The zero-order chi connectivity index (χ0) is 12.6. The Morgan fingerprint density at radius 3 is 2.71 bits per heavy atom. The Morgan fingerprint density at radius 1 is 1.35 bits per heavy atom. The zero-order valence-corrected chi connectivity index (χ0v) is 13.4. The summed E-state index contributed by atoms with van der Waals surface area (Å²) in [5, 5.41) is 7.15. The van der Waals surface area contributed by atoms with E-state index in [2.05, 4.69) is 55.9 Å². The topological polar surface area (TPSA) is 33.6 Å². The lowest BCUT2D eigenvalue weighted by molar-refractivity contribution is 0.597. The maximum Gasteiger partial charge on any atom is 0.195 e. The fourth-order valence-electron chi connectivity index (χ4n) is 1.64. The van der Waals surface area contributed by atoms with E-state index in [1.54, 1.807) is 0 Å². The molecule has 1 heterocycles. The van der Waals surface area contributed by atoms with E-state index in [9.17, 15) is 0 Å². The van der Waals surface area contributed by atoms with Crippen molar-refractivity contribution >= 4 is 44.1 Å². The molecule has 17 heavy (non-hydrogen) atoms. The van der Waals surface area contributed by atoms with Gasteiger partial charge in [-0.05, 0) is 44.3 Å². The molecule has 0 aliphatic heterocycles. The first-order chi connectivity index (χ1) is 8.00. The molecule has 3 nitrogen and oxygen atoms in total. The van der Waals surface area contributed by atoms with Gasteiger partial charge in [0.05, 0.1) is 0 Å². The van der Waals surface area contributed by atoms with Gasteiger partial charge in [-0.3, -0.25) is 9.67 Å². The average Bonchev–Trinajstić information content (AvgIpc) is 2.64. The molecule has 6 heteroatoms. The highest BCUT2D eigenvalue weighted by atomic mass is 79.9. The second-order valence-electron chi connectivity index (χ2n) is 3.94. The second kappa shape index (κ2) is 5.04. The predicted molar refractivity (Wildman–Crippen MR) is 78.6 cm³/mol. The first kappa shape index (κ1) is 13.0. The van der Waals surface area contributed by atoms with Gasteiger partial charge in [-0.2, -0.15) is 5.10 Å². The van der Waals surface area contributed by atoms with Gasteiger partial charge >= 0.3 is 0 Å². The minimum absolute atomic E-state index is 0.266. The Labute approximate surface area is 122 Å². The third kappa shape index (κ3) is 2.53. The molecule has 0 aliphatic carbocycles. The molecule has 0 fully saturated rings. The van der Waals surface area contributed by atoms with Crippen LogP contribution in [0.15, 0.2) is 27.1 Å². The SMILES string of the molecule is CC(C)n1c(-c2cc(Br)ccc2Br)n[nH]c1=S. The van der Waals surface area contributed by atoms with Crippen molar-refractivity contribution in [3.63, 3.8) is 0 Å². The van der Waals surface area contributed by atoms with E-state index in [1.165, 1.54) is 0 Å². The smallest absolute Gasteiger partial charge is 0.195 e. The van der Waals surface area contributed by atoms with E-state index >= 15 is 0 Å². The van der Waals surface area contributed by atoms with Crippen LogP contribution in [0.4, 0.5) is 0 Å². The summed E-state index contributed by atoms with van der Waals surface area (Å²) in [5.74, 6) is 0.846. The summed E-state index contributed by atoms with van der Waals surface area (Å²) in [7, 11) is 0. The van der Waals surface area contributed by atoms with Gasteiger partial charge in [0.25, 0.3) is 0 Å². The Morgan fingerprint density at radius 2 is 2.06 bits per heavy atom. The molecule has 0 saturated carbocycles. The fraction of sp³-hybridized carbons (Fsp3) is 0.273. The summed E-state index contributed by atoms with van der Waals surface area (Å²) < 4.78 is 4.65. The lowest BCUT2D eigenvalue weighted by Gasteiger charge is -2.11. The lowest BCUT2D eigenvalue weighted by Crippen LogP contribution is -2.03. The number of aromatic amines is 1. The van der Waals surface area contributed by atoms with Crippen molar-refractivity contribution in [3.8, 4) is 11.4 Å². The van der Waals surface area contributed by atoms with Gasteiger partial charge in [-0.15, -0.1) is 0 Å². The third-order valence-corrected chi connectivity index (χ3v) is 3.86. The van der Waals surface area contributed by atoms with Crippen LogP contribution in [0.2, 0.25) is 0 Å². The van der Waals surface area contributed by atoms with Gasteiger partial charge in [0.1, 0.15) is 0 Å². The molecule has 0 spiro atoms. The molecule has 0 bridgehead atoms. The Balaban J connectivity index is 2.69. The van der Waals surface area contributed by atoms with E-state index in [0.29, 0.717) is 4.77 Å². The third-order valence-electron chi connectivity index (χ3n) is 2.39. The summed E-state index contributed by atoms with van der Waals surface area (Å²) in [6.07, 6.45) is 0. The van der Waals surface area contributed by atoms with E-state index in [1.807, 2.05) is 22.8 Å². The van der Waals surface area contributed by atoms with Crippen molar-refractivity contribution < 1.29 is 0 Å². The largest absolute Gasteiger partial charge is 0.298 e. The minimum Gasteiger partial charge on any atom is -0.298 e. The quantitative estimate of drug-likeness (QED) is 0.769. The average molecular weight is 377 g/mol. The number of hydrogen-bond donors (Lipinski definition) is 1. The number of H-pyrrole nitrogens is 1. The molecule has 1 aromatic heterocycles. The summed E-state index contributed by atoms with van der Waals surface area (Å²) in [6.45, 7) is 4.17. The number of hydrogen-bond acceptors (Lipinski definition) is 2. The first-order valence-corrected chi connectivity index (χ1v) is 7.12. The van der Waals surface area contributed by atoms with Crippen LogP contribution in [0.3, 0.4) is 0 Å². The van der Waals surface area contributed by atoms with Gasteiger partial charge in [0, 0.05) is 20.6 Å². The second-order valence-corrected chi connectivity index (χ2v) is 6.10. The van der Waals surface area contributed by atoms with Crippen LogP contribution in [-0.2, 0) is 0 Å².